The quantitative estimate of drug-likeness (QED) is 0.208. The lowest BCUT2D eigenvalue weighted by atomic mass is 9.72. The van der Waals surface area contributed by atoms with Gasteiger partial charge in [-0.25, -0.2) is 0 Å². The number of pyridine rings is 2. The first kappa shape index (κ1) is 22.2. The zero-order chi connectivity index (χ0) is 25.6. The monoisotopic (exact) mass is 486 g/mol. The van der Waals surface area contributed by atoms with Gasteiger partial charge in [0.1, 0.15) is 5.41 Å². The lowest BCUT2D eigenvalue weighted by Crippen LogP contribution is -2.31. The first-order chi connectivity index (χ1) is 18.0. The van der Waals surface area contributed by atoms with Crippen molar-refractivity contribution in [3.05, 3.63) is 152 Å². The third-order valence-electron chi connectivity index (χ3n) is 6.78. The summed E-state index contributed by atoms with van der Waals surface area (Å²) in [4.78, 5) is 32.2. The fraction of sp³-hybridized carbons (Fsp3) is 0.0345. The second-order valence-electron chi connectivity index (χ2n) is 8.71. The Morgan fingerprint density at radius 1 is 0.622 bits per heavy atom. The van der Waals surface area contributed by atoms with Gasteiger partial charge >= 0.3 is 0 Å². The van der Waals surface area contributed by atoms with Crippen molar-refractivity contribution in [2.75, 3.05) is 0 Å². The summed E-state index contributed by atoms with van der Waals surface area (Å²) in [6.07, 6.45) is 1.69. The largest absolute Gasteiger partial charge is 0.270 e. The van der Waals surface area contributed by atoms with Crippen molar-refractivity contribution in [2.45, 2.75) is 5.41 Å². The molecule has 0 spiro atoms. The Morgan fingerprint density at radius 2 is 1.22 bits per heavy atom. The Morgan fingerprint density at radius 3 is 1.78 bits per heavy atom. The Hall–Kier alpha value is -5.24. The highest BCUT2D eigenvalue weighted by Gasteiger charge is 2.49. The summed E-state index contributed by atoms with van der Waals surface area (Å²) >= 11 is 0. The molecule has 0 saturated heterocycles. The molecule has 0 aliphatic heterocycles. The van der Waals surface area contributed by atoms with Crippen LogP contribution in [0.4, 0.5) is 11.4 Å². The van der Waals surface area contributed by atoms with Crippen LogP contribution in [-0.2, 0) is 5.41 Å². The molecule has 5 aromatic rings. The van der Waals surface area contributed by atoms with Gasteiger partial charge in [-0.05, 0) is 58.7 Å². The second-order valence-corrected chi connectivity index (χ2v) is 8.71. The van der Waals surface area contributed by atoms with Crippen LogP contribution >= 0.6 is 0 Å². The summed E-state index contributed by atoms with van der Waals surface area (Å²) in [6, 6.07) is 30.4. The molecule has 0 radical (unpaired) electrons. The fourth-order valence-corrected chi connectivity index (χ4v) is 5.22. The van der Waals surface area contributed by atoms with Crippen molar-refractivity contribution in [1.82, 2.24) is 9.97 Å². The first-order valence-corrected chi connectivity index (χ1v) is 11.5. The predicted octanol–water partition coefficient (Wildman–Crippen LogP) is 6.32. The molecule has 8 heteroatoms. The molecule has 0 amide bonds. The molecule has 37 heavy (non-hydrogen) atoms. The molecule has 0 bridgehead atoms. The van der Waals surface area contributed by atoms with E-state index in [1.165, 1.54) is 24.3 Å². The molecule has 178 valence electrons. The smallest absolute Gasteiger partial charge is 0.260 e. The maximum atomic E-state index is 11.7. The Kier molecular flexibility index (Phi) is 5.08. The van der Waals surface area contributed by atoms with Gasteiger partial charge in [-0.2, -0.15) is 0 Å². The van der Waals surface area contributed by atoms with E-state index in [4.69, 9.17) is 9.97 Å². The van der Waals surface area contributed by atoms with E-state index in [2.05, 4.69) is 0 Å². The minimum Gasteiger partial charge on any atom is -0.260 e. The maximum absolute atomic E-state index is 11.7. The van der Waals surface area contributed by atoms with Crippen LogP contribution in [0.2, 0.25) is 0 Å². The highest BCUT2D eigenvalue weighted by molar-refractivity contribution is 5.87. The number of nitro benzene ring substituents is 2. The molecule has 8 nitrogen and oxygen atoms in total. The summed E-state index contributed by atoms with van der Waals surface area (Å²) in [5.74, 6) is 0. The lowest BCUT2D eigenvalue weighted by molar-refractivity contribution is -0.385. The predicted molar refractivity (Wildman–Crippen MR) is 138 cm³/mol. The SMILES string of the molecule is O=[N+]([O-])c1ccc2c(c1)-c1cc([N+](=O)[O-])ccc1C2(c1ccccn1)c1cccc(-c2ccccc2)n1. The molecule has 0 N–H and O–H groups in total. The van der Waals surface area contributed by atoms with Crippen molar-refractivity contribution >= 4 is 11.4 Å². The van der Waals surface area contributed by atoms with Gasteiger partial charge in [0.2, 0.25) is 0 Å². The Labute approximate surface area is 211 Å². The maximum Gasteiger partial charge on any atom is 0.270 e. The van der Waals surface area contributed by atoms with Gasteiger partial charge in [0.05, 0.1) is 26.9 Å². The number of nitrogens with zero attached hydrogens (tertiary/aromatic N) is 4. The van der Waals surface area contributed by atoms with Gasteiger partial charge in [-0.15, -0.1) is 0 Å². The number of fused-ring (bicyclic) bond motifs is 3. The van der Waals surface area contributed by atoms with Gasteiger partial charge < -0.3 is 0 Å². The van der Waals surface area contributed by atoms with Crippen LogP contribution < -0.4 is 0 Å². The average Bonchev–Trinajstić information content (AvgIpc) is 3.24. The van der Waals surface area contributed by atoms with Crippen LogP contribution in [-0.4, -0.2) is 19.8 Å². The zero-order valence-corrected chi connectivity index (χ0v) is 19.3. The molecule has 0 unspecified atom stereocenters. The topological polar surface area (TPSA) is 112 Å². The normalized spacial score (nSPS) is 13.0. The van der Waals surface area contributed by atoms with E-state index in [1.54, 1.807) is 18.3 Å². The number of nitro groups is 2. The van der Waals surface area contributed by atoms with Crippen molar-refractivity contribution in [3.8, 4) is 22.4 Å². The van der Waals surface area contributed by atoms with Gasteiger partial charge in [0.15, 0.2) is 0 Å². The summed E-state index contributed by atoms with van der Waals surface area (Å²) in [7, 11) is 0. The van der Waals surface area contributed by atoms with E-state index >= 15 is 0 Å². The summed E-state index contributed by atoms with van der Waals surface area (Å²) in [5.41, 5.74) is 4.33. The number of benzene rings is 3. The van der Waals surface area contributed by atoms with E-state index in [0.29, 0.717) is 22.5 Å². The van der Waals surface area contributed by atoms with Gasteiger partial charge in [-0.3, -0.25) is 30.2 Å². The van der Waals surface area contributed by atoms with Crippen LogP contribution in [0.1, 0.15) is 22.5 Å². The number of non-ortho nitro benzene ring substituents is 2. The molecule has 2 aromatic heterocycles. The molecule has 2 heterocycles. The first-order valence-electron chi connectivity index (χ1n) is 11.5. The van der Waals surface area contributed by atoms with Gasteiger partial charge in [0, 0.05) is 36.0 Å². The van der Waals surface area contributed by atoms with Gasteiger partial charge in [-0.1, -0.05) is 42.5 Å². The molecular weight excluding hydrogens is 468 g/mol. The van der Waals surface area contributed by atoms with Crippen LogP contribution in [0.15, 0.2) is 109 Å². The highest BCUT2D eigenvalue weighted by Crippen LogP contribution is 2.56. The molecular formula is C29H18N4O4. The molecule has 0 saturated carbocycles. The van der Waals surface area contributed by atoms with Crippen molar-refractivity contribution in [1.29, 1.82) is 0 Å². The third kappa shape index (κ3) is 3.38. The minimum atomic E-state index is -1.04. The highest BCUT2D eigenvalue weighted by atomic mass is 16.6. The van der Waals surface area contributed by atoms with Crippen molar-refractivity contribution < 1.29 is 9.85 Å². The van der Waals surface area contributed by atoms with Crippen LogP contribution in [0.5, 0.6) is 0 Å². The number of rotatable bonds is 5. The standard InChI is InChI=1S/C29H18N4O4/c34-32(35)20-12-14-24-22(17-20)23-18-21(33(36)37)13-15-25(23)29(24,27-10-4-5-16-30-27)28-11-6-9-26(31-28)19-7-2-1-3-8-19/h1-18H. The van der Waals surface area contributed by atoms with Crippen LogP contribution in [0, 0.1) is 20.2 Å². The van der Waals surface area contributed by atoms with E-state index in [-0.39, 0.29) is 11.4 Å². The molecule has 0 atom stereocenters. The zero-order valence-electron chi connectivity index (χ0n) is 19.3. The molecule has 3 aromatic carbocycles. The molecule has 1 aliphatic carbocycles. The fourth-order valence-electron chi connectivity index (χ4n) is 5.22. The minimum absolute atomic E-state index is 0.0981. The number of aromatic nitrogens is 2. The summed E-state index contributed by atoms with van der Waals surface area (Å²) in [6.45, 7) is 0. The van der Waals surface area contributed by atoms with E-state index in [0.717, 1.165) is 22.4 Å². The van der Waals surface area contributed by atoms with Crippen LogP contribution in [0.3, 0.4) is 0 Å². The molecule has 1 aliphatic rings. The van der Waals surface area contributed by atoms with Crippen molar-refractivity contribution in [3.63, 3.8) is 0 Å². The lowest BCUT2D eigenvalue weighted by Gasteiger charge is -2.31. The molecule has 6 rings (SSSR count). The Bertz CT molecular complexity index is 1620. The molecule has 0 fully saturated rings. The summed E-state index contributed by atoms with van der Waals surface area (Å²) in [5, 5.41) is 23.3. The van der Waals surface area contributed by atoms with E-state index in [1.807, 2.05) is 66.7 Å². The van der Waals surface area contributed by atoms with E-state index < -0.39 is 15.3 Å². The number of hydrogen-bond acceptors (Lipinski definition) is 6. The third-order valence-corrected chi connectivity index (χ3v) is 6.78. The van der Waals surface area contributed by atoms with Gasteiger partial charge in [0.25, 0.3) is 11.4 Å². The summed E-state index contributed by atoms with van der Waals surface area (Å²) < 4.78 is 0. The van der Waals surface area contributed by atoms with Crippen molar-refractivity contribution in [2.24, 2.45) is 0 Å². The Balaban J connectivity index is 1.73. The number of hydrogen-bond donors (Lipinski definition) is 0. The van der Waals surface area contributed by atoms with Crippen LogP contribution in [0.25, 0.3) is 22.4 Å². The average molecular weight is 486 g/mol. The van der Waals surface area contributed by atoms with E-state index in [9.17, 15) is 20.2 Å². The second kappa shape index (κ2) is 8.46.